The minimum absolute atomic E-state index is 0.291. The van der Waals surface area contributed by atoms with Crippen molar-refractivity contribution in [2.24, 2.45) is 10.2 Å². The van der Waals surface area contributed by atoms with E-state index in [9.17, 15) is 9.59 Å². The zero-order valence-electron chi connectivity index (χ0n) is 14.7. The summed E-state index contributed by atoms with van der Waals surface area (Å²) in [4.78, 5) is 31.5. The van der Waals surface area contributed by atoms with Crippen molar-refractivity contribution in [1.82, 2.24) is 20.8 Å². The molecule has 3 aromatic rings. The summed E-state index contributed by atoms with van der Waals surface area (Å²) in [5.74, 6) is -0.770. The summed E-state index contributed by atoms with van der Waals surface area (Å²) in [5.41, 5.74) is 6.98. The smallest absolute Gasteiger partial charge is 0.266 e. The van der Waals surface area contributed by atoms with Crippen LogP contribution in [0.2, 0.25) is 0 Å². The van der Waals surface area contributed by atoms with Crippen LogP contribution < -0.4 is 10.9 Å². The number of nitrogens with zero attached hydrogens (tertiary/aromatic N) is 4. The third-order valence-electron chi connectivity index (χ3n) is 3.49. The molecule has 1 aromatic carbocycles. The number of carbonyl (C=O) groups is 2. The molecular weight excluding hydrogens is 356 g/mol. The zero-order valence-corrected chi connectivity index (χ0v) is 14.7. The molecule has 3 rings (SSSR count). The van der Waals surface area contributed by atoms with Crippen LogP contribution in [0.4, 0.5) is 0 Å². The number of amides is 2. The van der Waals surface area contributed by atoms with Crippen LogP contribution in [0, 0.1) is 0 Å². The van der Waals surface area contributed by atoms with Crippen LogP contribution in [0.5, 0.6) is 0 Å². The van der Waals surface area contributed by atoms with E-state index in [0.717, 1.165) is 11.1 Å². The van der Waals surface area contributed by atoms with Gasteiger partial charge in [-0.1, -0.05) is 36.4 Å². The molecule has 2 amide bonds. The van der Waals surface area contributed by atoms with Crippen LogP contribution in [-0.4, -0.2) is 34.2 Å². The molecule has 0 aliphatic carbocycles. The first-order chi connectivity index (χ1) is 13.7. The van der Waals surface area contributed by atoms with Gasteiger partial charge < -0.3 is 0 Å². The molecule has 2 heterocycles. The second-order valence-corrected chi connectivity index (χ2v) is 5.49. The van der Waals surface area contributed by atoms with Crippen molar-refractivity contribution < 1.29 is 9.59 Å². The Balaban J connectivity index is 1.50. The fourth-order valence-electron chi connectivity index (χ4n) is 2.11. The molecule has 0 unspecified atom stereocenters. The fraction of sp³-hybridized carbons (Fsp3) is 0. The van der Waals surface area contributed by atoms with Crippen molar-refractivity contribution in [2.75, 3.05) is 0 Å². The van der Waals surface area contributed by atoms with Gasteiger partial charge in [-0.2, -0.15) is 10.2 Å². The van der Waals surface area contributed by atoms with Crippen molar-refractivity contribution in [3.63, 3.8) is 0 Å². The van der Waals surface area contributed by atoms with Gasteiger partial charge >= 0.3 is 0 Å². The summed E-state index contributed by atoms with van der Waals surface area (Å²) in [7, 11) is 0. The topological polar surface area (TPSA) is 109 Å². The Kier molecular flexibility index (Phi) is 6.30. The molecule has 2 aromatic heterocycles. The van der Waals surface area contributed by atoms with Crippen LogP contribution in [0.1, 0.15) is 32.1 Å². The van der Waals surface area contributed by atoms with E-state index in [-0.39, 0.29) is 11.8 Å². The Morgan fingerprint density at radius 1 is 0.679 bits per heavy atom. The van der Waals surface area contributed by atoms with Crippen LogP contribution in [0.25, 0.3) is 0 Å². The van der Waals surface area contributed by atoms with Crippen molar-refractivity contribution >= 4 is 24.2 Å². The van der Waals surface area contributed by atoms with Crippen molar-refractivity contribution in [3.05, 3.63) is 95.6 Å². The monoisotopic (exact) mass is 372 g/mol. The maximum absolute atomic E-state index is 11.8. The Morgan fingerprint density at radius 2 is 1.11 bits per heavy atom. The van der Waals surface area contributed by atoms with E-state index < -0.39 is 0 Å². The molecule has 0 saturated heterocycles. The molecule has 8 nitrogen and oxygen atoms in total. The Labute approximate surface area is 161 Å². The number of aromatic nitrogens is 2. The van der Waals surface area contributed by atoms with E-state index >= 15 is 0 Å². The highest BCUT2D eigenvalue weighted by Crippen LogP contribution is 2.00. The largest absolute Gasteiger partial charge is 0.289 e. The maximum Gasteiger partial charge on any atom is 0.289 e. The molecule has 0 aliphatic heterocycles. The van der Waals surface area contributed by atoms with Crippen LogP contribution in [0.3, 0.4) is 0 Å². The number of hydrazone groups is 2. The third kappa shape index (κ3) is 5.40. The third-order valence-corrected chi connectivity index (χ3v) is 3.49. The molecule has 0 spiro atoms. The van der Waals surface area contributed by atoms with Gasteiger partial charge in [0.15, 0.2) is 0 Å². The van der Waals surface area contributed by atoms with E-state index in [2.05, 4.69) is 31.0 Å². The molecule has 28 heavy (non-hydrogen) atoms. The number of benzene rings is 1. The molecule has 0 saturated carbocycles. The highest BCUT2D eigenvalue weighted by atomic mass is 16.2. The minimum Gasteiger partial charge on any atom is -0.266 e. The maximum atomic E-state index is 11.8. The molecule has 0 bridgehead atoms. The summed E-state index contributed by atoms with van der Waals surface area (Å²) in [5, 5.41) is 7.81. The minimum atomic E-state index is -0.385. The van der Waals surface area contributed by atoms with Gasteiger partial charge in [0.2, 0.25) is 0 Å². The Bertz CT molecular complexity index is 904. The predicted molar refractivity (Wildman–Crippen MR) is 105 cm³/mol. The zero-order chi connectivity index (χ0) is 19.6. The first-order valence-corrected chi connectivity index (χ1v) is 8.31. The quantitative estimate of drug-likeness (QED) is 0.509. The molecule has 0 aliphatic rings. The lowest BCUT2D eigenvalue weighted by atomic mass is 10.2. The van der Waals surface area contributed by atoms with E-state index in [1.54, 1.807) is 60.7 Å². The fourth-order valence-corrected chi connectivity index (χ4v) is 2.11. The molecule has 0 radical (unpaired) electrons. The van der Waals surface area contributed by atoms with Gasteiger partial charge in [0.05, 0.1) is 12.4 Å². The van der Waals surface area contributed by atoms with Crippen LogP contribution >= 0.6 is 0 Å². The summed E-state index contributed by atoms with van der Waals surface area (Å²) in [6, 6.07) is 17.3. The van der Waals surface area contributed by atoms with Gasteiger partial charge in [0.25, 0.3) is 11.8 Å². The van der Waals surface area contributed by atoms with Crippen LogP contribution in [-0.2, 0) is 0 Å². The van der Waals surface area contributed by atoms with E-state index in [4.69, 9.17) is 0 Å². The molecule has 2 N–H and O–H groups in total. The SMILES string of the molecule is O=C(N/N=C/c1ccc(/C=N/NC(=O)c2ccccn2)cc1)c1ccccn1. The van der Waals surface area contributed by atoms with Gasteiger partial charge in [0.1, 0.15) is 11.4 Å². The van der Waals surface area contributed by atoms with Crippen LogP contribution in [0.15, 0.2) is 83.3 Å². The van der Waals surface area contributed by atoms with Gasteiger partial charge in [-0.25, -0.2) is 10.9 Å². The number of carbonyl (C=O) groups excluding carboxylic acids is 2. The molecule has 138 valence electrons. The van der Waals surface area contributed by atoms with Gasteiger partial charge in [-0.15, -0.1) is 0 Å². The molecule has 0 fully saturated rings. The van der Waals surface area contributed by atoms with Crippen molar-refractivity contribution in [2.45, 2.75) is 0 Å². The summed E-state index contributed by atoms with van der Waals surface area (Å²) in [6.07, 6.45) is 6.12. The second-order valence-electron chi connectivity index (χ2n) is 5.49. The van der Waals surface area contributed by atoms with Gasteiger partial charge in [-0.05, 0) is 35.4 Å². The Morgan fingerprint density at radius 3 is 1.46 bits per heavy atom. The molecule has 0 atom stereocenters. The molecular formula is C20H16N6O2. The summed E-state index contributed by atoms with van der Waals surface area (Å²) in [6.45, 7) is 0. The lowest BCUT2D eigenvalue weighted by molar-refractivity contribution is 0.0942. The molecule has 8 heteroatoms. The number of pyridine rings is 2. The van der Waals surface area contributed by atoms with Gasteiger partial charge in [-0.3, -0.25) is 19.6 Å². The highest BCUT2D eigenvalue weighted by molar-refractivity contribution is 5.94. The number of hydrogen-bond acceptors (Lipinski definition) is 6. The van der Waals surface area contributed by atoms with E-state index in [1.165, 1.54) is 24.8 Å². The average Bonchev–Trinajstić information content (AvgIpc) is 2.76. The second kappa shape index (κ2) is 9.48. The lowest BCUT2D eigenvalue weighted by Crippen LogP contribution is -2.18. The highest BCUT2D eigenvalue weighted by Gasteiger charge is 2.04. The standard InChI is InChI=1S/C20H16N6O2/c27-19(17-5-1-3-11-21-17)25-23-13-15-7-9-16(10-8-15)14-24-26-20(28)18-6-2-4-12-22-18/h1-14H,(H,25,27)(H,26,28)/b23-13+,24-14+. The van der Waals surface area contributed by atoms with Gasteiger partial charge in [0, 0.05) is 12.4 Å². The number of hydrogen-bond donors (Lipinski definition) is 2. The van der Waals surface area contributed by atoms with Crippen molar-refractivity contribution in [1.29, 1.82) is 0 Å². The Hall–Kier alpha value is -4.20. The number of nitrogens with one attached hydrogen (secondary N) is 2. The van der Waals surface area contributed by atoms with Crippen molar-refractivity contribution in [3.8, 4) is 0 Å². The first-order valence-electron chi connectivity index (χ1n) is 8.31. The average molecular weight is 372 g/mol. The summed E-state index contributed by atoms with van der Waals surface area (Å²) < 4.78 is 0. The van der Waals surface area contributed by atoms with E-state index in [1.807, 2.05) is 0 Å². The normalized spacial score (nSPS) is 10.9. The van der Waals surface area contributed by atoms with E-state index in [0.29, 0.717) is 11.4 Å². The summed E-state index contributed by atoms with van der Waals surface area (Å²) >= 11 is 0. The first kappa shape index (κ1) is 18.6. The predicted octanol–water partition coefficient (Wildman–Crippen LogP) is 2.00. The lowest BCUT2D eigenvalue weighted by Gasteiger charge is -1.99. The number of rotatable bonds is 6.